The van der Waals surface area contributed by atoms with E-state index in [0.29, 0.717) is 5.88 Å². The van der Waals surface area contributed by atoms with E-state index in [2.05, 4.69) is 9.97 Å². The molecule has 0 radical (unpaired) electrons. The van der Waals surface area contributed by atoms with Crippen LogP contribution in [0.5, 0.6) is 0 Å². The van der Waals surface area contributed by atoms with Crippen LogP contribution in [0.1, 0.15) is 16.4 Å². The third kappa shape index (κ3) is 2.30. The van der Waals surface area contributed by atoms with Crippen molar-refractivity contribution in [2.24, 2.45) is 0 Å². The average Bonchev–Trinajstić information content (AvgIpc) is 2.67. The number of pyridine rings is 1. The Morgan fingerprint density at radius 2 is 2.21 bits per heavy atom. The van der Waals surface area contributed by atoms with Gasteiger partial charge >= 0.3 is 0 Å². The Labute approximate surface area is 91.6 Å². The van der Waals surface area contributed by atoms with E-state index in [-0.39, 0.29) is 0 Å². The maximum Gasteiger partial charge on any atom is 0.0988 e. The predicted octanol–water partition coefficient (Wildman–Crippen LogP) is 2.87. The zero-order chi connectivity index (χ0) is 9.80. The first-order valence-corrected chi connectivity index (χ1v) is 5.69. The largest absolute Gasteiger partial charge is 0.261 e. The summed E-state index contributed by atoms with van der Waals surface area (Å²) in [5, 5.41) is 3.06. The van der Waals surface area contributed by atoms with Gasteiger partial charge in [0.25, 0.3) is 0 Å². The van der Waals surface area contributed by atoms with E-state index in [1.807, 2.05) is 23.6 Å². The summed E-state index contributed by atoms with van der Waals surface area (Å²) in [7, 11) is 0. The van der Waals surface area contributed by atoms with Crippen LogP contribution < -0.4 is 0 Å². The van der Waals surface area contributed by atoms with Gasteiger partial charge in [0.1, 0.15) is 0 Å². The van der Waals surface area contributed by atoms with Crippen molar-refractivity contribution in [1.29, 1.82) is 0 Å². The van der Waals surface area contributed by atoms with Gasteiger partial charge in [-0.25, -0.2) is 4.98 Å². The molecule has 72 valence electrons. The van der Waals surface area contributed by atoms with Crippen molar-refractivity contribution in [3.63, 3.8) is 0 Å². The van der Waals surface area contributed by atoms with E-state index in [9.17, 15) is 0 Å². The molecule has 0 fully saturated rings. The Kier molecular flexibility index (Phi) is 3.11. The minimum atomic E-state index is 0.485. The quantitative estimate of drug-likeness (QED) is 0.750. The summed E-state index contributed by atoms with van der Waals surface area (Å²) >= 11 is 7.31. The van der Waals surface area contributed by atoms with Crippen molar-refractivity contribution in [2.45, 2.75) is 12.3 Å². The molecule has 0 aliphatic carbocycles. The number of hydrogen-bond acceptors (Lipinski definition) is 3. The molecule has 2 aromatic rings. The fraction of sp³-hybridized carbons (Fsp3) is 0.200. The summed E-state index contributed by atoms with van der Waals surface area (Å²) in [5.74, 6) is 0.485. The van der Waals surface area contributed by atoms with Gasteiger partial charge in [0, 0.05) is 23.7 Å². The molecule has 4 heteroatoms. The molecule has 14 heavy (non-hydrogen) atoms. The molecule has 2 aromatic heterocycles. The zero-order valence-corrected chi connectivity index (χ0v) is 9.05. The number of thiazole rings is 1. The Bertz CT molecular complexity index is 400. The fourth-order valence-corrected chi connectivity index (χ4v) is 2.19. The maximum atomic E-state index is 5.67. The lowest BCUT2D eigenvalue weighted by Gasteiger charge is -1.94. The molecule has 2 heterocycles. The molecule has 2 nitrogen and oxygen atoms in total. The van der Waals surface area contributed by atoms with Crippen molar-refractivity contribution in [1.82, 2.24) is 9.97 Å². The number of nitrogens with zero attached hydrogens (tertiary/aromatic N) is 2. The highest BCUT2D eigenvalue weighted by Crippen LogP contribution is 2.14. The number of halogens is 1. The molecule has 0 atom stereocenters. The Hall–Kier alpha value is -0.930. The van der Waals surface area contributed by atoms with Crippen LogP contribution in [-0.4, -0.2) is 9.97 Å². The summed E-state index contributed by atoms with van der Waals surface area (Å²) in [4.78, 5) is 8.61. The molecule has 0 saturated carbocycles. The molecule has 0 unspecified atom stereocenters. The van der Waals surface area contributed by atoms with Crippen LogP contribution >= 0.6 is 22.9 Å². The predicted molar refractivity (Wildman–Crippen MR) is 58.7 cm³/mol. The SMILES string of the molecule is ClCc1csc(Cc2ccccn2)n1. The standard InChI is InChI=1S/C10H9ClN2S/c11-6-9-7-14-10(13-9)5-8-3-1-2-4-12-8/h1-4,7H,5-6H2. The average molecular weight is 225 g/mol. The van der Waals surface area contributed by atoms with Crippen LogP contribution in [-0.2, 0) is 12.3 Å². The summed E-state index contributed by atoms with van der Waals surface area (Å²) in [6.45, 7) is 0. The smallest absolute Gasteiger partial charge is 0.0988 e. The monoisotopic (exact) mass is 224 g/mol. The van der Waals surface area contributed by atoms with Crippen molar-refractivity contribution in [3.8, 4) is 0 Å². The van der Waals surface area contributed by atoms with Crippen molar-refractivity contribution in [2.75, 3.05) is 0 Å². The molecule has 0 aliphatic heterocycles. The first kappa shape index (κ1) is 9.62. The van der Waals surface area contributed by atoms with Crippen molar-refractivity contribution < 1.29 is 0 Å². The van der Waals surface area contributed by atoms with E-state index >= 15 is 0 Å². The van der Waals surface area contributed by atoms with Crippen LogP contribution in [0.2, 0.25) is 0 Å². The molecule has 0 aliphatic rings. The van der Waals surface area contributed by atoms with Crippen molar-refractivity contribution >= 4 is 22.9 Å². The van der Waals surface area contributed by atoms with E-state index in [1.165, 1.54) is 0 Å². The third-order valence-electron chi connectivity index (χ3n) is 1.79. The number of alkyl halides is 1. The topological polar surface area (TPSA) is 25.8 Å². The zero-order valence-electron chi connectivity index (χ0n) is 7.48. The minimum absolute atomic E-state index is 0.485. The molecule has 0 aromatic carbocycles. The van der Waals surface area contributed by atoms with Crippen LogP contribution in [0, 0.1) is 0 Å². The Morgan fingerprint density at radius 1 is 1.29 bits per heavy atom. The first-order valence-electron chi connectivity index (χ1n) is 4.27. The van der Waals surface area contributed by atoms with E-state index in [1.54, 1.807) is 17.5 Å². The summed E-state index contributed by atoms with van der Waals surface area (Å²) in [5.41, 5.74) is 1.99. The second-order valence-electron chi connectivity index (χ2n) is 2.86. The van der Waals surface area contributed by atoms with Crippen molar-refractivity contribution in [3.05, 3.63) is 46.2 Å². The second-order valence-corrected chi connectivity index (χ2v) is 4.07. The fourth-order valence-electron chi connectivity index (χ4n) is 1.15. The summed E-state index contributed by atoms with van der Waals surface area (Å²) in [6, 6.07) is 5.90. The van der Waals surface area contributed by atoms with Crippen LogP contribution in [0.25, 0.3) is 0 Å². The normalized spacial score (nSPS) is 10.4. The van der Waals surface area contributed by atoms with E-state index < -0.39 is 0 Å². The minimum Gasteiger partial charge on any atom is -0.261 e. The van der Waals surface area contributed by atoms with Crippen LogP contribution in [0.4, 0.5) is 0 Å². The summed E-state index contributed by atoms with van der Waals surface area (Å²) < 4.78 is 0. The van der Waals surface area contributed by atoms with Crippen LogP contribution in [0.3, 0.4) is 0 Å². The van der Waals surface area contributed by atoms with Gasteiger partial charge in [-0.05, 0) is 12.1 Å². The van der Waals surface area contributed by atoms with Gasteiger partial charge in [-0.2, -0.15) is 0 Å². The molecular formula is C10H9ClN2S. The van der Waals surface area contributed by atoms with Gasteiger partial charge in [0.05, 0.1) is 16.6 Å². The van der Waals surface area contributed by atoms with Gasteiger partial charge in [0.15, 0.2) is 0 Å². The molecule has 0 amide bonds. The lowest BCUT2D eigenvalue weighted by Crippen LogP contribution is -1.90. The Balaban J connectivity index is 2.11. The highest BCUT2D eigenvalue weighted by molar-refractivity contribution is 7.09. The Morgan fingerprint density at radius 3 is 2.86 bits per heavy atom. The third-order valence-corrected chi connectivity index (χ3v) is 2.97. The first-order chi connectivity index (χ1) is 6.88. The number of rotatable bonds is 3. The maximum absolute atomic E-state index is 5.67. The highest BCUT2D eigenvalue weighted by atomic mass is 35.5. The number of hydrogen-bond donors (Lipinski definition) is 0. The van der Waals surface area contributed by atoms with Gasteiger partial charge in [-0.15, -0.1) is 22.9 Å². The molecule has 0 bridgehead atoms. The van der Waals surface area contributed by atoms with E-state index in [0.717, 1.165) is 22.8 Å². The number of aromatic nitrogens is 2. The van der Waals surface area contributed by atoms with E-state index in [4.69, 9.17) is 11.6 Å². The lowest BCUT2D eigenvalue weighted by atomic mass is 10.3. The molecule has 0 saturated heterocycles. The second kappa shape index (κ2) is 4.53. The molecule has 2 rings (SSSR count). The van der Waals surface area contributed by atoms with Gasteiger partial charge < -0.3 is 0 Å². The molecular weight excluding hydrogens is 216 g/mol. The van der Waals surface area contributed by atoms with Gasteiger partial charge in [0.2, 0.25) is 0 Å². The molecule has 0 spiro atoms. The van der Waals surface area contributed by atoms with Crippen LogP contribution in [0.15, 0.2) is 29.8 Å². The lowest BCUT2D eigenvalue weighted by molar-refractivity contribution is 1.03. The van der Waals surface area contributed by atoms with Gasteiger partial charge in [-0.3, -0.25) is 4.98 Å². The highest BCUT2D eigenvalue weighted by Gasteiger charge is 2.02. The summed E-state index contributed by atoms with van der Waals surface area (Å²) in [6.07, 6.45) is 2.59. The van der Waals surface area contributed by atoms with Gasteiger partial charge in [-0.1, -0.05) is 6.07 Å². The molecule has 0 N–H and O–H groups in total.